The molecule has 0 bridgehead atoms. The van der Waals surface area contributed by atoms with E-state index in [0.717, 1.165) is 5.33 Å². The third-order valence-electron chi connectivity index (χ3n) is 2.50. The van der Waals surface area contributed by atoms with Crippen molar-refractivity contribution in [1.82, 2.24) is 4.98 Å². The first-order chi connectivity index (χ1) is 6.65. The normalized spacial score (nSPS) is 14.9. The van der Waals surface area contributed by atoms with Crippen molar-refractivity contribution in [2.45, 2.75) is 26.8 Å². The van der Waals surface area contributed by atoms with Gasteiger partial charge in [-0.1, -0.05) is 22.9 Å². The number of pyridine rings is 1. The van der Waals surface area contributed by atoms with E-state index in [1.54, 1.807) is 0 Å². The molecule has 0 radical (unpaired) electrons. The lowest BCUT2D eigenvalue weighted by Gasteiger charge is -2.21. The molecule has 1 heterocycles. The van der Waals surface area contributed by atoms with Crippen LogP contribution in [0.3, 0.4) is 0 Å². The highest BCUT2D eigenvalue weighted by Crippen LogP contribution is 2.16. The van der Waals surface area contributed by atoms with Gasteiger partial charge in [-0.3, -0.25) is 4.98 Å². The van der Waals surface area contributed by atoms with Crippen molar-refractivity contribution >= 4 is 21.6 Å². The number of nitrogens with zero attached hydrogens (tertiary/aromatic N) is 1. The minimum absolute atomic E-state index is 0.468. The molecule has 0 aliphatic heterocycles. The number of rotatable bonds is 4. The molecule has 1 aromatic heterocycles. The molecule has 0 saturated heterocycles. The second kappa shape index (κ2) is 5.35. The Morgan fingerprint density at radius 3 is 2.79 bits per heavy atom. The van der Waals surface area contributed by atoms with E-state index in [1.165, 1.54) is 11.3 Å². The first-order valence-electron chi connectivity index (χ1n) is 4.88. The van der Waals surface area contributed by atoms with E-state index >= 15 is 0 Å². The summed E-state index contributed by atoms with van der Waals surface area (Å²) >= 11 is 3.49. The van der Waals surface area contributed by atoms with Gasteiger partial charge in [0.05, 0.1) is 0 Å². The fraction of sp³-hybridized carbons (Fsp3) is 0.545. The third kappa shape index (κ3) is 2.98. The molecule has 0 spiro atoms. The Hall–Kier alpha value is -0.570. The van der Waals surface area contributed by atoms with Crippen molar-refractivity contribution in [2.75, 3.05) is 10.6 Å². The fourth-order valence-corrected chi connectivity index (χ4v) is 1.72. The number of nitrogens with one attached hydrogen (secondary N) is 1. The monoisotopic (exact) mass is 256 g/mol. The number of hydrogen-bond acceptors (Lipinski definition) is 2. The second-order valence-corrected chi connectivity index (χ2v) is 4.40. The SMILES string of the molecule is Cc1cnccc1NC(C)C(C)CBr. The predicted octanol–water partition coefficient (Wildman–Crippen LogP) is 3.22. The lowest BCUT2D eigenvalue weighted by atomic mass is 10.1. The summed E-state index contributed by atoms with van der Waals surface area (Å²) in [6, 6.07) is 2.49. The highest BCUT2D eigenvalue weighted by molar-refractivity contribution is 9.09. The van der Waals surface area contributed by atoms with E-state index in [1.807, 2.05) is 18.5 Å². The molecule has 0 amide bonds. The van der Waals surface area contributed by atoms with Gasteiger partial charge in [-0.05, 0) is 31.4 Å². The highest BCUT2D eigenvalue weighted by Gasteiger charge is 2.10. The van der Waals surface area contributed by atoms with Crippen molar-refractivity contribution in [1.29, 1.82) is 0 Å². The molecule has 0 aliphatic rings. The van der Waals surface area contributed by atoms with E-state index in [-0.39, 0.29) is 0 Å². The van der Waals surface area contributed by atoms with Gasteiger partial charge in [0.25, 0.3) is 0 Å². The van der Waals surface area contributed by atoms with Gasteiger partial charge >= 0.3 is 0 Å². The van der Waals surface area contributed by atoms with Gasteiger partial charge < -0.3 is 5.32 Å². The molecule has 1 rings (SSSR count). The molecular formula is C11H17BrN2. The van der Waals surface area contributed by atoms with E-state index in [9.17, 15) is 0 Å². The minimum atomic E-state index is 0.468. The number of hydrogen-bond donors (Lipinski definition) is 1. The molecule has 2 nitrogen and oxygen atoms in total. The van der Waals surface area contributed by atoms with Gasteiger partial charge in [0, 0.05) is 29.5 Å². The lowest BCUT2D eigenvalue weighted by Crippen LogP contribution is -2.25. The number of anilines is 1. The average Bonchev–Trinajstić information content (AvgIpc) is 2.20. The van der Waals surface area contributed by atoms with E-state index < -0.39 is 0 Å². The Bertz CT molecular complexity index is 288. The van der Waals surface area contributed by atoms with E-state index in [4.69, 9.17) is 0 Å². The summed E-state index contributed by atoms with van der Waals surface area (Å²) in [5, 5.41) is 4.51. The standard InChI is InChI=1S/C11H17BrN2/c1-8(6-12)10(3)14-11-4-5-13-7-9(11)2/h4-5,7-8,10H,6H2,1-3H3,(H,13,14). The lowest BCUT2D eigenvalue weighted by molar-refractivity contribution is 0.572. The Balaban J connectivity index is 2.64. The number of halogens is 1. The molecule has 0 aromatic carbocycles. The van der Waals surface area contributed by atoms with Crippen LogP contribution in [0, 0.1) is 12.8 Å². The number of aryl methyl sites for hydroxylation is 1. The smallest absolute Gasteiger partial charge is 0.0402 e. The summed E-state index contributed by atoms with van der Waals surface area (Å²) in [5.74, 6) is 0.613. The minimum Gasteiger partial charge on any atom is -0.382 e. The first kappa shape index (κ1) is 11.5. The van der Waals surface area contributed by atoms with Crippen molar-refractivity contribution in [3.05, 3.63) is 24.0 Å². The Kier molecular flexibility index (Phi) is 4.39. The topological polar surface area (TPSA) is 24.9 Å². The van der Waals surface area contributed by atoms with E-state index in [0.29, 0.717) is 12.0 Å². The Morgan fingerprint density at radius 1 is 1.50 bits per heavy atom. The van der Waals surface area contributed by atoms with Crippen LogP contribution in [0.4, 0.5) is 5.69 Å². The predicted molar refractivity (Wildman–Crippen MR) is 65.0 cm³/mol. The largest absolute Gasteiger partial charge is 0.382 e. The molecule has 0 fully saturated rings. The third-order valence-corrected chi connectivity index (χ3v) is 3.52. The van der Waals surface area contributed by atoms with Gasteiger partial charge in [-0.25, -0.2) is 0 Å². The van der Waals surface area contributed by atoms with Crippen LogP contribution in [-0.4, -0.2) is 16.4 Å². The first-order valence-corrected chi connectivity index (χ1v) is 6.00. The van der Waals surface area contributed by atoms with Gasteiger partial charge in [-0.2, -0.15) is 0 Å². The fourth-order valence-electron chi connectivity index (χ4n) is 1.16. The van der Waals surface area contributed by atoms with Crippen molar-refractivity contribution in [3.8, 4) is 0 Å². The van der Waals surface area contributed by atoms with Gasteiger partial charge in [0.2, 0.25) is 0 Å². The summed E-state index contributed by atoms with van der Waals surface area (Å²) < 4.78 is 0. The van der Waals surface area contributed by atoms with Crippen LogP contribution in [0.1, 0.15) is 19.4 Å². The van der Waals surface area contributed by atoms with Crippen LogP contribution >= 0.6 is 15.9 Å². The van der Waals surface area contributed by atoms with Crippen LogP contribution in [0.15, 0.2) is 18.5 Å². The van der Waals surface area contributed by atoms with Crippen LogP contribution < -0.4 is 5.32 Å². The van der Waals surface area contributed by atoms with Crippen molar-refractivity contribution in [3.63, 3.8) is 0 Å². The molecule has 2 atom stereocenters. The van der Waals surface area contributed by atoms with Crippen LogP contribution in [-0.2, 0) is 0 Å². The molecule has 1 aromatic rings. The maximum absolute atomic E-state index is 4.07. The zero-order valence-corrected chi connectivity index (χ0v) is 10.5. The Morgan fingerprint density at radius 2 is 2.21 bits per heavy atom. The Labute approximate surface area is 94.3 Å². The molecule has 78 valence electrons. The number of alkyl halides is 1. The maximum atomic E-state index is 4.07. The molecule has 3 heteroatoms. The zero-order valence-electron chi connectivity index (χ0n) is 8.92. The van der Waals surface area contributed by atoms with Gasteiger partial charge in [0.1, 0.15) is 0 Å². The van der Waals surface area contributed by atoms with E-state index in [2.05, 4.69) is 47.0 Å². The summed E-state index contributed by atoms with van der Waals surface area (Å²) in [6.07, 6.45) is 3.70. The van der Waals surface area contributed by atoms with Crippen LogP contribution in [0.2, 0.25) is 0 Å². The quantitative estimate of drug-likeness (QED) is 0.838. The van der Waals surface area contributed by atoms with Crippen LogP contribution in [0.5, 0.6) is 0 Å². The summed E-state index contributed by atoms with van der Waals surface area (Å²) in [5.41, 5.74) is 2.38. The number of aromatic nitrogens is 1. The molecular weight excluding hydrogens is 240 g/mol. The van der Waals surface area contributed by atoms with Gasteiger partial charge in [-0.15, -0.1) is 0 Å². The van der Waals surface area contributed by atoms with Crippen molar-refractivity contribution in [2.24, 2.45) is 5.92 Å². The molecule has 1 N–H and O–H groups in total. The zero-order chi connectivity index (χ0) is 10.6. The molecule has 2 unspecified atom stereocenters. The highest BCUT2D eigenvalue weighted by atomic mass is 79.9. The average molecular weight is 257 g/mol. The summed E-state index contributed by atoms with van der Waals surface area (Å²) in [7, 11) is 0. The maximum Gasteiger partial charge on any atom is 0.0402 e. The molecule has 0 aliphatic carbocycles. The van der Waals surface area contributed by atoms with Gasteiger partial charge in [0.15, 0.2) is 0 Å². The summed E-state index contributed by atoms with van der Waals surface area (Å²) in [4.78, 5) is 4.07. The van der Waals surface area contributed by atoms with Crippen molar-refractivity contribution < 1.29 is 0 Å². The summed E-state index contributed by atoms with van der Waals surface area (Å²) in [6.45, 7) is 6.50. The van der Waals surface area contributed by atoms with Crippen LogP contribution in [0.25, 0.3) is 0 Å². The molecule has 0 saturated carbocycles. The second-order valence-electron chi connectivity index (χ2n) is 3.76. The molecule has 14 heavy (non-hydrogen) atoms.